The summed E-state index contributed by atoms with van der Waals surface area (Å²) < 4.78 is 5.88. The van der Waals surface area contributed by atoms with E-state index in [2.05, 4.69) is 15.0 Å². The van der Waals surface area contributed by atoms with Crippen LogP contribution in [0.1, 0.15) is 35.6 Å². The molecule has 29 heavy (non-hydrogen) atoms. The van der Waals surface area contributed by atoms with Gasteiger partial charge in [0, 0.05) is 37.6 Å². The summed E-state index contributed by atoms with van der Waals surface area (Å²) in [5.41, 5.74) is 2.93. The second-order valence-corrected chi connectivity index (χ2v) is 7.42. The minimum atomic E-state index is 0.128. The van der Waals surface area contributed by atoms with Crippen molar-refractivity contribution in [3.8, 4) is 11.6 Å². The summed E-state index contributed by atoms with van der Waals surface area (Å²) in [5, 5.41) is 0. The zero-order chi connectivity index (χ0) is 20.1. The Balaban J connectivity index is 1.43. The molecule has 1 amide bonds. The third-order valence-corrected chi connectivity index (χ3v) is 5.11. The molecule has 1 saturated heterocycles. The van der Waals surface area contributed by atoms with Crippen molar-refractivity contribution < 1.29 is 9.53 Å². The Labute approximate surface area is 170 Å². The summed E-state index contributed by atoms with van der Waals surface area (Å²) in [6.45, 7) is 3.46. The summed E-state index contributed by atoms with van der Waals surface area (Å²) in [6.07, 6.45) is 9.19. The molecule has 0 radical (unpaired) electrons. The van der Waals surface area contributed by atoms with Crippen molar-refractivity contribution in [3.63, 3.8) is 0 Å². The first-order valence-corrected chi connectivity index (χ1v) is 9.90. The number of carbonyl (C=O) groups is 1. The number of nitrogens with zero attached hydrogens (tertiary/aromatic N) is 4. The number of amides is 1. The summed E-state index contributed by atoms with van der Waals surface area (Å²) in [5.74, 6) is 1.51. The van der Waals surface area contributed by atoms with Gasteiger partial charge in [-0.15, -0.1) is 0 Å². The number of rotatable bonds is 5. The van der Waals surface area contributed by atoms with Crippen molar-refractivity contribution in [2.45, 2.75) is 32.1 Å². The minimum Gasteiger partial charge on any atom is -0.437 e. The van der Waals surface area contributed by atoms with Gasteiger partial charge >= 0.3 is 0 Å². The average molecular weight is 388 g/mol. The zero-order valence-corrected chi connectivity index (χ0v) is 16.5. The maximum atomic E-state index is 12.7. The summed E-state index contributed by atoms with van der Waals surface area (Å²) in [6, 6.07) is 11.6. The van der Waals surface area contributed by atoms with Crippen LogP contribution in [0.5, 0.6) is 11.6 Å². The molecule has 0 bridgehead atoms. The van der Waals surface area contributed by atoms with Gasteiger partial charge < -0.3 is 9.64 Å². The molecule has 2 aromatic heterocycles. The Kier molecular flexibility index (Phi) is 5.79. The fourth-order valence-electron chi connectivity index (χ4n) is 3.64. The van der Waals surface area contributed by atoms with E-state index in [4.69, 9.17) is 4.74 Å². The van der Waals surface area contributed by atoms with Gasteiger partial charge in [-0.2, -0.15) is 0 Å². The van der Waals surface area contributed by atoms with Crippen LogP contribution >= 0.6 is 0 Å². The maximum Gasteiger partial charge on any atom is 0.238 e. The summed E-state index contributed by atoms with van der Waals surface area (Å²) in [4.78, 5) is 27.7. The third kappa shape index (κ3) is 4.96. The topological polar surface area (TPSA) is 68.2 Å². The Bertz CT molecular complexity index is 977. The fraction of sp³-hybridized carbons (Fsp3) is 0.304. The van der Waals surface area contributed by atoms with Crippen LogP contribution in [0, 0.1) is 6.92 Å². The zero-order valence-electron chi connectivity index (χ0n) is 16.5. The Morgan fingerprint density at radius 2 is 2.10 bits per heavy atom. The second-order valence-electron chi connectivity index (χ2n) is 7.42. The van der Waals surface area contributed by atoms with Crippen LogP contribution in [0.2, 0.25) is 0 Å². The number of aromatic nitrogens is 3. The van der Waals surface area contributed by atoms with E-state index in [1.54, 1.807) is 24.8 Å². The number of pyridine rings is 1. The van der Waals surface area contributed by atoms with Gasteiger partial charge in [-0.3, -0.25) is 14.8 Å². The Hall–Kier alpha value is -3.28. The monoisotopic (exact) mass is 388 g/mol. The van der Waals surface area contributed by atoms with Gasteiger partial charge in [0.15, 0.2) is 0 Å². The van der Waals surface area contributed by atoms with E-state index in [0.29, 0.717) is 18.8 Å². The Morgan fingerprint density at radius 1 is 1.17 bits per heavy atom. The Morgan fingerprint density at radius 3 is 2.93 bits per heavy atom. The molecule has 6 nitrogen and oxygen atoms in total. The first-order valence-electron chi connectivity index (χ1n) is 9.90. The molecule has 3 aromatic rings. The van der Waals surface area contributed by atoms with Gasteiger partial charge in [0.05, 0.1) is 18.3 Å². The highest BCUT2D eigenvalue weighted by atomic mass is 16.5. The quantitative estimate of drug-likeness (QED) is 0.663. The first kappa shape index (κ1) is 19.1. The van der Waals surface area contributed by atoms with E-state index in [9.17, 15) is 4.79 Å². The van der Waals surface area contributed by atoms with Crippen molar-refractivity contribution in [1.82, 2.24) is 19.9 Å². The fourth-order valence-corrected chi connectivity index (χ4v) is 3.64. The summed E-state index contributed by atoms with van der Waals surface area (Å²) in [7, 11) is 0. The molecule has 0 saturated carbocycles. The largest absolute Gasteiger partial charge is 0.437 e. The molecule has 1 fully saturated rings. The summed E-state index contributed by atoms with van der Waals surface area (Å²) >= 11 is 0. The number of hydrogen-bond acceptors (Lipinski definition) is 5. The van der Waals surface area contributed by atoms with Gasteiger partial charge in [-0.05, 0) is 49.1 Å². The van der Waals surface area contributed by atoms with E-state index in [1.807, 2.05) is 48.2 Å². The van der Waals surface area contributed by atoms with E-state index < -0.39 is 0 Å². The van der Waals surface area contributed by atoms with Crippen LogP contribution in [-0.2, 0) is 11.2 Å². The molecule has 6 heteroatoms. The van der Waals surface area contributed by atoms with Gasteiger partial charge in [0.2, 0.25) is 11.8 Å². The van der Waals surface area contributed by atoms with Crippen molar-refractivity contribution >= 4 is 5.91 Å². The van der Waals surface area contributed by atoms with Gasteiger partial charge in [-0.25, -0.2) is 4.98 Å². The van der Waals surface area contributed by atoms with Crippen molar-refractivity contribution in [2.75, 3.05) is 13.1 Å². The highest BCUT2D eigenvalue weighted by Crippen LogP contribution is 2.28. The lowest BCUT2D eigenvalue weighted by molar-refractivity contribution is -0.131. The number of hydrogen-bond donors (Lipinski definition) is 0. The van der Waals surface area contributed by atoms with Crippen molar-refractivity contribution in [2.24, 2.45) is 0 Å². The minimum absolute atomic E-state index is 0.128. The molecule has 1 aromatic carbocycles. The van der Waals surface area contributed by atoms with E-state index in [0.717, 1.165) is 42.0 Å². The van der Waals surface area contributed by atoms with Crippen molar-refractivity contribution in [3.05, 3.63) is 78.0 Å². The van der Waals surface area contributed by atoms with Crippen LogP contribution in [0.15, 0.2) is 61.2 Å². The van der Waals surface area contributed by atoms with Crippen LogP contribution < -0.4 is 4.74 Å². The molecule has 0 N–H and O–H groups in total. The van der Waals surface area contributed by atoms with E-state index in [1.165, 1.54) is 0 Å². The van der Waals surface area contributed by atoms with E-state index >= 15 is 0 Å². The second kappa shape index (κ2) is 8.82. The van der Waals surface area contributed by atoms with E-state index in [-0.39, 0.29) is 11.8 Å². The normalized spacial score (nSPS) is 16.4. The third-order valence-electron chi connectivity index (χ3n) is 5.11. The maximum absolute atomic E-state index is 12.7. The lowest BCUT2D eigenvalue weighted by Gasteiger charge is -2.32. The molecule has 4 rings (SSSR count). The smallest absolute Gasteiger partial charge is 0.238 e. The predicted molar refractivity (Wildman–Crippen MR) is 110 cm³/mol. The molecule has 3 heterocycles. The van der Waals surface area contributed by atoms with Gasteiger partial charge in [0.25, 0.3) is 0 Å². The molecular weight excluding hydrogens is 364 g/mol. The number of likely N-dealkylation sites (tertiary alicyclic amines) is 1. The van der Waals surface area contributed by atoms with Gasteiger partial charge in [0.1, 0.15) is 5.75 Å². The molecule has 1 aliphatic heterocycles. The average Bonchev–Trinajstić information content (AvgIpc) is 2.75. The first-order chi connectivity index (χ1) is 14.2. The molecule has 1 aliphatic rings. The van der Waals surface area contributed by atoms with Crippen LogP contribution in [-0.4, -0.2) is 38.8 Å². The number of piperidine rings is 1. The van der Waals surface area contributed by atoms with Crippen LogP contribution in [0.25, 0.3) is 0 Å². The molecule has 148 valence electrons. The molecule has 0 aliphatic carbocycles. The van der Waals surface area contributed by atoms with Crippen LogP contribution in [0.3, 0.4) is 0 Å². The number of ether oxygens (including phenoxy) is 1. The van der Waals surface area contributed by atoms with Crippen LogP contribution in [0.4, 0.5) is 0 Å². The highest BCUT2D eigenvalue weighted by Gasteiger charge is 2.26. The lowest BCUT2D eigenvalue weighted by Crippen LogP contribution is -2.40. The standard InChI is InChI=1S/C23H24N4O2/c1-17-5-2-8-20(11-17)29-22-15-25-14-21(26-22)19-7-4-10-27(16-19)23(28)12-18-6-3-9-24-13-18/h2-3,5-6,8-9,11,13-15,19H,4,7,10,12,16H2,1H3. The lowest BCUT2D eigenvalue weighted by atomic mass is 9.94. The molecule has 1 unspecified atom stereocenters. The van der Waals surface area contributed by atoms with Crippen molar-refractivity contribution in [1.29, 1.82) is 0 Å². The number of aryl methyl sites for hydroxylation is 1. The molecular formula is C23H24N4O2. The van der Waals surface area contributed by atoms with Gasteiger partial charge in [-0.1, -0.05) is 18.2 Å². The highest BCUT2D eigenvalue weighted by molar-refractivity contribution is 5.78. The number of benzene rings is 1. The predicted octanol–water partition coefficient (Wildman–Crippen LogP) is 3.92. The molecule has 0 spiro atoms. The SMILES string of the molecule is Cc1cccc(Oc2cncc(C3CCCN(C(=O)Cc4cccnc4)C3)n2)c1. The number of carbonyl (C=O) groups excluding carboxylic acids is 1. The molecule has 1 atom stereocenters.